The number of hydrogen-bond donors (Lipinski definition) is 0. The Kier molecular flexibility index (Phi) is 3630. The third kappa shape index (κ3) is 212. The molecule has 0 aromatic rings. The molecule has 0 fully saturated rings. The predicted octanol–water partition coefficient (Wildman–Crippen LogP) is 4.44. The minimum Gasteiger partial charge on any atom is -0.358 e. The van der Waals surface area contributed by atoms with Gasteiger partial charge in [-0.25, -0.2) is 0 Å². The van der Waals surface area contributed by atoms with Gasteiger partial charge in [-0.05, 0) is 0 Å². The van der Waals surface area contributed by atoms with E-state index in [0.29, 0.717) is 0 Å². The molecule has 1 radical (unpaired) electrons. The van der Waals surface area contributed by atoms with Crippen molar-refractivity contribution in [2.24, 2.45) is 0 Å². The van der Waals surface area contributed by atoms with E-state index in [1.54, 1.807) is 6.92 Å². The summed E-state index contributed by atoms with van der Waals surface area (Å²) in [5.41, 5.74) is 0. The third-order valence-corrected chi connectivity index (χ3v) is 0. The molecule has 4 heteroatoms. The molecule has 0 aliphatic rings. The van der Waals surface area contributed by atoms with E-state index >= 15 is 0 Å². The van der Waals surface area contributed by atoms with Crippen molar-refractivity contribution in [1.29, 1.82) is 0 Å². The summed E-state index contributed by atoms with van der Waals surface area (Å²) in [5, 5.41) is 0. The van der Waals surface area contributed by atoms with Crippen LogP contribution in [0.2, 0.25) is 0 Å². The molecule has 0 aliphatic heterocycles. The molecule has 0 saturated carbocycles. The van der Waals surface area contributed by atoms with Crippen LogP contribution in [0.3, 0.4) is 0 Å². The average Bonchev–Trinajstić information content (AvgIpc) is 1.00. The molecule has 0 amide bonds. The van der Waals surface area contributed by atoms with Crippen LogP contribution in [-0.4, -0.2) is 0 Å². The molecule has 0 rings (SSSR count). The Bertz CT molecular complexity index is 12.1. The van der Waals surface area contributed by atoms with Crippen molar-refractivity contribution in [3.63, 3.8) is 0 Å². The summed E-state index contributed by atoms with van der Waals surface area (Å²) >= 11 is 0. The molecule has 0 aromatic carbocycles. The maximum Gasteiger partial charge on any atom is 3.00 e. The fourth-order valence-corrected chi connectivity index (χ4v) is 0. The quantitative estimate of drug-likeness (QED) is 0.316. The first-order valence-electron chi connectivity index (χ1n) is 0.707. The van der Waals surface area contributed by atoms with Crippen molar-refractivity contribution in [3.8, 4) is 0 Å². The summed E-state index contributed by atoms with van der Waals surface area (Å²) in [6, 6.07) is 0. The molecule has 0 nitrogen and oxygen atoms in total. The monoisotopic (exact) mass is 1100 g/mol. The van der Waals surface area contributed by atoms with Crippen molar-refractivity contribution >= 4 is 0 Å². The maximum absolute atomic E-state index is 3.25. The second kappa shape index (κ2) is 255. The van der Waals surface area contributed by atoms with E-state index < -0.39 is 0 Å². The van der Waals surface area contributed by atoms with Crippen molar-refractivity contribution in [1.82, 2.24) is 0 Å². The SMILES string of the molecule is [CH2-]C.[CH3-].[CH3-].[CH3-].[CH3-].[CH3-].[CH3-].[CH3-].[CH3-].[U+2].[U+2].[U+2].[U+3]. The maximum atomic E-state index is 3.25. The van der Waals surface area contributed by atoms with Gasteiger partial charge in [-0.15, -0.1) is 0 Å². The fourth-order valence-electron chi connectivity index (χ4n) is 0. The Morgan fingerprint density at radius 1 is 0.429 bits per heavy atom. The van der Waals surface area contributed by atoms with E-state index in [-0.39, 0.29) is 184 Å². The summed E-state index contributed by atoms with van der Waals surface area (Å²) in [4.78, 5) is 0. The van der Waals surface area contributed by atoms with E-state index in [0.717, 1.165) is 0 Å². The van der Waals surface area contributed by atoms with Crippen LogP contribution in [0.5, 0.6) is 0 Å². The van der Waals surface area contributed by atoms with E-state index in [2.05, 4.69) is 6.92 Å². The van der Waals surface area contributed by atoms with Crippen LogP contribution in [0.1, 0.15) is 6.92 Å². The molecule has 0 spiro atoms. The van der Waals surface area contributed by atoms with Crippen LogP contribution < -0.4 is 0 Å². The van der Waals surface area contributed by atoms with Crippen LogP contribution in [0.25, 0.3) is 0 Å². The van der Waals surface area contributed by atoms with E-state index in [1.807, 2.05) is 0 Å². The number of hydrogen-bond acceptors (Lipinski definition) is 0. The van der Waals surface area contributed by atoms with Crippen molar-refractivity contribution < 1.29 is 124 Å². The number of rotatable bonds is 0. The van der Waals surface area contributed by atoms with Gasteiger partial charge in [-0.1, -0.05) is 0 Å². The standard InChI is InChI=1S/C2H5.8CH3.4U/c1-2;;;;;;;;;;;;/h1H2,2H3;8*1H3;;;;/q9*-1;3*+2;+3. The zero-order valence-electron chi connectivity index (χ0n) is 11.7. The summed E-state index contributed by atoms with van der Waals surface area (Å²) in [6.07, 6.45) is 0. The zero-order valence-corrected chi connectivity index (χ0v) is 28.4. The summed E-state index contributed by atoms with van der Waals surface area (Å²) in [6.45, 7) is 5.00. The molecule has 85 valence electrons. The van der Waals surface area contributed by atoms with Crippen LogP contribution >= 0.6 is 0 Å². The largest absolute Gasteiger partial charge is 3.00 e. The predicted molar refractivity (Wildman–Crippen MR) is 62.3 cm³/mol. The zero-order chi connectivity index (χ0) is 2.00. The third-order valence-electron chi connectivity index (χ3n) is 0. The van der Waals surface area contributed by atoms with Gasteiger partial charge >= 0.3 is 124 Å². The first-order chi connectivity index (χ1) is 1.00. The molecule has 0 saturated heterocycles. The molecule has 0 bridgehead atoms. The second-order valence-corrected chi connectivity index (χ2v) is 0. The Morgan fingerprint density at radius 2 is 0.429 bits per heavy atom. The summed E-state index contributed by atoms with van der Waals surface area (Å²) in [7, 11) is 0. The van der Waals surface area contributed by atoms with Crippen LogP contribution in [0.15, 0.2) is 0 Å². The first-order valence-corrected chi connectivity index (χ1v) is 0.707. The van der Waals surface area contributed by atoms with E-state index in [9.17, 15) is 0 Å². The molecular weight excluding hydrogens is 1070 g/mol. The molecule has 0 aliphatic carbocycles. The first kappa shape index (κ1) is 199. The van der Waals surface area contributed by atoms with Gasteiger partial charge < -0.3 is 66.3 Å². The minimum atomic E-state index is 0. The van der Waals surface area contributed by atoms with Gasteiger partial charge in [0.05, 0.1) is 0 Å². The van der Waals surface area contributed by atoms with Gasteiger partial charge in [0.2, 0.25) is 0 Å². The Hall–Kier alpha value is 4.21. The van der Waals surface area contributed by atoms with Crippen LogP contribution in [-0.2, 0) is 0 Å². The summed E-state index contributed by atoms with van der Waals surface area (Å²) < 4.78 is 0. The molecule has 0 aromatic heterocycles. The van der Waals surface area contributed by atoms with Crippen LogP contribution in [0.4, 0.5) is 0 Å². The van der Waals surface area contributed by atoms with Gasteiger partial charge in [0.15, 0.2) is 0 Å². The van der Waals surface area contributed by atoms with Crippen molar-refractivity contribution in [2.75, 3.05) is 0 Å². The Balaban J connectivity index is -0.0000000000758. The topological polar surface area (TPSA) is 0 Å². The Morgan fingerprint density at radius 3 is 0.429 bits per heavy atom. The Labute approximate surface area is 194 Å². The van der Waals surface area contributed by atoms with E-state index in [4.69, 9.17) is 0 Å². The van der Waals surface area contributed by atoms with Crippen molar-refractivity contribution in [2.45, 2.75) is 6.92 Å². The van der Waals surface area contributed by atoms with Gasteiger partial charge in [-0.3, -0.25) is 0 Å². The molecule has 0 atom stereocenters. The van der Waals surface area contributed by atoms with Gasteiger partial charge in [0.25, 0.3) is 0 Å². The second-order valence-electron chi connectivity index (χ2n) is 0. The summed E-state index contributed by atoms with van der Waals surface area (Å²) in [5.74, 6) is 0. The smallest absolute Gasteiger partial charge is 0.358 e. The van der Waals surface area contributed by atoms with Crippen molar-refractivity contribution in [3.05, 3.63) is 66.3 Å². The van der Waals surface area contributed by atoms with Gasteiger partial charge in [0, 0.05) is 0 Å². The molecule has 0 N–H and O–H groups in total. The van der Waals surface area contributed by atoms with Gasteiger partial charge in [0.1, 0.15) is 0 Å². The molecule has 14 heavy (non-hydrogen) atoms. The molecular formula is C10H29U4. The fraction of sp³-hybridized carbons (Fsp3) is 0.100. The van der Waals surface area contributed by atoms with E-state index in [1.165, 1.54) is 0 Å². The molecule has 0 heterocycles. The average molecular weight is 1100 g/mol. The molecule has 0 unspecified atom stereocenters. The van der Waals surface area contributed by atoms with Crippen LogP contribution in [0, 0.1) is 191 Å². The normalized spacial score (nSPS) is 0.429. The van der Waals surface area contributed by atoms with Gasteiger partial charge in [-0.2, -0.15) is 6.92 Å². The minimum absolute atomic E-state index is 0.